The molecule has 15 heavy (non-hydrogen) atoms. The summed E-state index contributed by atoms with van der Waals surface area (Å²) in [6.07, 6.45) is -0.388. The lowest BCUT2D eigenvalue weighted by Crippen LogP contribution is -2.32. The van der Waals surface area contributed by atoms with E-state index in [1.807, 2.05) is 31.5 Å². The van der Waals surface area contributed by atoms with Crippen molar-refractivity contribution in [3.05, 3.63) is 20.8 Å². The molecule has 1 amide bonds. The molecule has 0 bridgehead atoms. The van der Waals surface area contributed by atoms with E-state index < -0.39 is 5.60 Å². The summed E-state index contributed by atoms with van der Waals surface area (Å²) < 4.78 is 6.13. The summed E-state index contributed by atoms with van der Waals surface area (Å²) >= 11 is 4.99. The van der Waals surface area contributed by atoms with E-state index in [2.05, 4.69) is 21.2 Å². The first-order valence-electron chi connectivity index (χ1n) is 4.56. The molecule has 5 heteroatoms. The molecule has 84 valence electrons. The van der Waals surface area contributed by atoms with Crippen LogP contribution in [0, 0.1) is 0 Å². The zero-order valence-electron chi connectivity index (χ0n) is 8.96. The molecule has 3 nitrogen and oxygen atoms in total. The first-order valence-corrected chi connectivity index (χ1v) is 6.29. The molecular weight excluding hydrogens is 278 g/mol. The van der Waals surface area contributed by atoms with Crippen LogP contribution in [0.15, 0.2) is 15.2 Å². The summed E-state index contributed by atoms with van der Waals surface area (Å²) in [5.74, 6) is 0. The molecule has 0 atom stereocenters. The molecule has 0 spiro atoms. The number of ether oxygens (including phenoxy) is 1. The van der Waals surface area contributed by atoms with Crippen molar-refractivity contribution in [3.8, 4) is 0 Å². The molecule has 1 rings (SSSR count). The molecule has 0 aliphatic carbocycles. The molecule has 1 aromatic heterocycles. The van der Waals surface area contributed by atoms with Gasteiger partial charge in [-0.3, -0.25) is 0 Å². The van der Waals surface area contributed by atoms with Crippen molar-refractivity contribution in [2.45, 2.75) is 32.9 Å². The topological polar surface area (TPSA) is 38.3 Å². The van der Waals surface area contributed by atoms with Crippen molar-refractivity contribution < 1.29 is 9.53 Å². The first kappa shape index (κ1) is 12.5. The van der Waals surface area contributed by atoms with Gasteiger partial charge in [-0.2, -0.15) is 11.3 Å². The van der Waals surface area contributed by atoms with Gasteiger partial charge in [-0.05, 0) is 47.6 Å². The Hall–Kier alpha value is -0.550. The van der Waals surface area contributed by atoms with E-state index in [1.54, 1.807) is 11.3 Å². The summed E-state index contributed by atoms with van der Waals surface area (Å²) in [6, 6.07) is 0. The minimum atomic E-state index is -0.448. The van der Waals surface area contributed by atoms with Gasteiger partial charge in [0.2, 0.25) is 0 Å². The van der Waals surface area contributed by atoms with Crippen LogP contribution >= 0.6 is 27.3 Å². The summed E-state index contributed by atoms with van der Waals surface area (Å²) in [4.78, 5) is 11.3. The number of alkyl carbamates (subject to hydrolysis) is 1. The molecule has 1 N–H and O–H groups in total. The van der Waals surface area contributed by atoms with E-state index in [9.17, 15) is 4.79 Å². The van der Waals surface area contributed by atoms with Crippen LogP contribution in [0.4, 0.5) is 4.79 Å². The maximum Gasteiger partial charge on any atom is 0.407 e. The molecule has 0 aromatic carbocycles. The minimum absolute atomic E-state index is 0.388. The fourth-order valence-electron chi connectivity index (χ4n) is 0.916. The second kappa shape index (κ2) is 4.99. The van der Waals surface area contributed by atoms with E-state index in [4.69, 9.17) is 4.74 Å². The predicted molar refractivity (Wildman–Crippen MR) is 65.1 cm³/mol. The number of carbonyl (C=O) groups excluding carboxylic acids is 1. The number of halogens is 1. The zero-order valence-corrected chi connectivity index (χ0v) is 11.4. The average molecular weight is 292 g/mol. The van der Waals surface area contributed by atoms with Crippen molar-refractivity contribution in [1.29, 1.82) is 0 Å². The SMILES string of the molecule is CC(C)(C)OC(=O)NCc1cscc1Br. The van der Waals surface area contributed by atoms with Gasteiger partial charge in [-0.25, -0.2) is 4.79 Å². The number of carbonyl (C=O) groups is 1. The number of thiophene rings is 1. The van der Waals surface area contributed by atoms with E-state index in [0.29, 0.717) is 6.54 Å². The maximum atomic E-state index is 11.3. The highest BCUT2D eigenvalue weighted by molar-refractivity contribution is 9.10. The zero-order chi connectivity index (χ0) is 11.5. The van der Waals surface area contributed by atoms with Crippen LogP contribution in [-0.2, 0) is 11.3 Å². The van der Waals surface area contributed by atoms with Crippen molar-refractivity contribution in [1.82, 2.24) is 5.32 Å². The molecule has 0 fully saturated rings. The fourth-order valence-corrected chi connectivity index (χ4v) is 2.36. The highest BCUT2D eigenvalue weighted by Gasteiger charge is 2.15. The van der Waals surface area contributed by atoms with Gasteiger partial charge in [-0.15, -0.1) is 0 Å². The van der Waals surface area contributed by atoms with Crippen LogP contribution in [0.1, 0.15) is 26.3 Å². The molecule has 1 heterocycles. The second-order valence-corrected chi connectivity index (χ2v) is 5.70. The van der Waals surface area contributed by atoms with Crippen molar-refractivity contribution in [2.75, 3.05) is 0 Å². The first-order chi connectivity index (χ1) is 6.88. The van der Waals surface area contributed by atoms with Gasteiger partial charge in [0.05, 0.1) is 0 Å². The molecule has 0 aliphatic rings. The van der Waals surface area contributed by atoms with Crippen LogP contribution in [0.5, 0.6) is 0 Å². The van der Waals surface area contributed by atoms with Crippen molar-refractivity contribution in [2.24, 2.45) is 0 Å². The van der Waals surface area contributed by atoms with Crippen LogP contribution in [0.25, 0.3) is 0 Å². The Morgan fingerprint density at radius 2 is 2.20 bits per heavy atom. The quantitative estimate of drug-likeness (QED) is 0.905. The van der Waals surface area contributed by atoms with Crippen LogP contribution in [0.2, 0.25) is 0 Å². The molecule has 0 saturated heterocycles. The number of hydrogen-bond acceptors (Lipinski definition) is 3. The van der Waals surface area contributed by atoms with Crippen LogP contribution in [-0.4, -0.2) is 11.7 Å². The Balaban J connectivity index is 2.38. The Kier molecular flexibility index (Phi) is 4.16. The summed E-state index contributed by atoms with van der Waals surface area (Å²) in [5, 5.41) is 6.66. The largest absolute Gasteiger partial charge is 0.444 e. The maximum absolute atomic E-state index is 11.3. The van der Waals surface area contributed by atoms with Crippen LogP contribution < -0.4 is 5.32 Å². The molecular formula is C10H14BrNO2S. The molecule has 0 unspecified atom stereocenters. The second-order valence-electron chi connectivity index (χ2n) is 4.10. The van der Waals surface area contributed by atoms with E-state index in [-0.39, 0.29) is 6.09 Å². The molecule has 0 saturated carbocycles. The normalized spacial score (nSPS) is 11.2. The Bertz CT molecular complexity index is 343. The highest BCUT2D eigenvalue weighted by Crippen LogP contribution is 2.20. The average Bonchev–Trinajstić information content (AvgIpc) is 2.44. The lowest BCUT2D eigenvalue weighted by Gasteiger charge is -2.19. The Morgan fingerprint density at radius 1 is 1.53 bits per heavy atom. The number of hydrogen-bond donors (Lipinski definition) is 1. The third-order valence-corrected chi connectivity index (χ3v) is 3.34. The predicted octanol–water partition coefficient (Wildman–Crippen LogP) is 3.54. The Labute approximate surface area is 102 Å². The molecule has 0 radical (unpaired) electrons. The van der Waals surface area contributed by atoms with Gasteiger partial charge in [0.1, 0.15) is 5.60 Å². The fraction of sp³-hybridized carbons (Fsp3) is 0.500. The third-order valence-electron chi connectivity index (χ3n) is 1.51. The highest BCUT2D eigenvalue weighted by atomic mass is 79.9. The lowest BCUT2D eigenvalue weighted by molar-refractivity contribution is 0.0523. The van der Waals surface area contributed by atoms with Gasteiger partial charge < -0.3 is 10.1 Å². The minimum Gasteiger partial charge on any atom is -0.444 e. The molecule has 1 aromatic rings. The smallest absolute Gasteiger partial charge is 0.407 e. The van der Waals surface area contributed by atoms with E-state index >= 15 is 0 Å². The van der Waals surface area contributed by atoms with Gasteiger partial charge in [-0.1, -0.05) is 0 Å². The van der Waals surface area contributed by atoms with Gasteiger partial charge in [0, 0.05) is 16.4 Å². The summed E-state index contributed by atoms with van der Waals surface area (Å²) in [5.41, 5.74) is 0.613. The van der Waals surface area contributed by atoms with E-state index in [0.717, 1.165) is 10.0 Å². The monoisotopic (exact) mass is 291 g/mol. The molecule has 0 aliphatic heterocycles. The lowest BCUT2D eigenvalue weighted by atomic mass is 10.2. The van der Waals surface area contributed by atoms with Gasteiger partial charge in [0.15, 0.2) is 0 Å². The number of nitrogens with one attached hydrogen (secondary N) is 1. The standard InChI is InChI=1S/C10H14BrNO2S/c1-10(2,3)14-9(13)12-4-7-5-15-6-8(7)11/h5-6H,4H2,1-3H3,(H,12,13). The Morgan fingerprint density at radius 3 is 2.67 bits per heavy atom. The van der Waals surface area contributed by atoms with E-state index in [1.165, 1.54) is 0 Å². The summed E-state index contributed by atoms with van der Waals surface area (Å²) in [6.45, 7) is 6.01. The van der Waals surface area contributed by atoms with Gasteiger partial charge in [0.25, 0.3) is 0 Å². The van der Waals surface area contributed by atoms with Crippen LogP contribution in [0.3, 0.4) is 0 Å². The summed E-state index contributed by atoms with van der Waals surface area (Å²) in [7, 11) is 0. The van der Waals surface area contributed by atoms with Crippen molar-refractivity contribution in [3.63, 3.8) is 0 Å². The van der Waals surface area contributed by atoms with Crippen molar-refractivity contribution >= 4 is 33.4 Å². The third kappa shape index (κ3) is 4.66. The number of rotatable bonds is 2. The number of amides is 1. The van der Waals surface area contributed by atoms with Gasteiger partial charge >= 0.3 is 6.09 Å².